The van der Waals surface area contributed by atoms with Crippen LogP contribution in [0.2, 0.25) is 0 Å². The van der Waals surface area contributed by atoms with Crippen molar-refractivity contribution in [1.29, 1.82) is 0 Å². The Morgan fingerprint density at radius 2 is 2.22 bits per heavy atom. The number of thiazole rings is 1. The molecular weight excluding hydrogens is 252 g/mol. The fourth-order valence-corrected chi connectivity index (χ4v) is 2.04. The van der Waals surface area contributed by atoms with Gasteiger partial charge in [0.2, 0.25) is 11.8 Å². The van der Waals surface area contributed by atoms with Gasteiger partial charge in [0.15, 0.2) is 5.13 Å². The molecule has 7 heteroatoms. The van der Waals surface area contributed by atoms with Crippen molar-refractivity contribution in [1.82, 2.24) is 15.6 Å². The Kier molecular flexibility index (Phi) is 4.14. The van der Waals surface area contributed by atoms with E-state index in [4.69, 9.17) is 5.73 Å². The maximum absolute atomic E-state index is 11.5. The fourth-order valence-electron chi connectivity index (χ4n) is 1.47. The molecule has 0 saturated heterocycles. The third-order valence-corrected chi connectivity index (χ3v) is 3.25. The first kappa shape index (κ1) is 12.8. The number of amides is 2. The van der Waals surface area contributed by atoms with Gasteiger partial charge >= 0.3 is 0 Å². The van der Waals surface area contributed by atoms with E-state index >= 15 is 0 Å². The first-order chi connectivity index (χ1) is 8.63. The predicted octanol–water partition coefficient (Wildman–Crippen LogP) is 0.0527. The molecule has 0 atom stereocenters. The summed E-state index contributed by atoms with van der Waals surface area (Å²) in [5.41, 5.74) is 6.13. The number of carbonyl (C=O) groups is 2. The van der Waals surface area contributed by atoms with Gasteiger partial charge in [-0.05, 0) is 12.8 Å². The predicted molar refractivity (Wildman–Crippen MR) is 69.0 cm³/mol. The smallest absolute Gasteiger partial charge is 0.226 e. The molecule has 98 valence electrons. The van der Waals surface area contributed by atoms with E-state index in [0.717, 1.165) is 12.8 Å². The molecule has 0 aromatic carbocycles. The molecule has 1 aliphatic carbocycles. The van der Waals surface area contributed by atoms with Crippen LogP contribution in [0.25, 0.3) is 0 Å². The summed E-state index contributed by atoms with van der Waals surface area (Å²) in [6, 6.07) is 0.367. The molecule has 0 bridgehead atoms. The van der Waals surface area contributed by atoms with Crippen LogP contribution in [0.3, 0.4) is 0 Å². The van der Waals surface area contributed by atoms with Crippen molar-refractivity contribution in [3.8, 4) is 0 Å². The molecular formula is C11H16N4O2S. The van der Waals surface area contributed by atoms with E-state index in [1.165, 1.54) is 11.3 Å². The van der Waals surface area contributed by atoms with Crippen molar-refractivity contribution >= 4 is 28.3 Å². The van der Waals surface area contributed by atoms with Gasteiger partial charge in [0.25, 0.3) is 0 Å². The summed E-state index contributed by atoms with van der Waals surface area (Å²) in [5, 5.41) is 7.77. The summed E-state index contributed by atoms with van der Waals surface area (Å²) in [6.07, 6.45) is 2.67. The van der Waals surface area contributed by atoms with Crippen LogP contribution in [0.15, 0.2) is 5.38 Å². The van der Waals surface area contributed by atoms with Gasteiger partial charge in [0.1, 0.15) is 0 Å². The largest absolute Gasteiger partial charge is 0.375 e. The Balaban J connectivity index is 1.60. The number of nitrogens with two attached hydrogens (primary N) is 1. The second-order valence-corrected chi connectivity index (χ2v) is 5.19. The molecule has 2 rings (SSSR count). The number of hydrogen-bond acceptors (Lipinski definition) is 5. The van der Waals surface area contributed by atoms with Gasteiger partial charge in [-0.15, -0.1) is 11.3 Å². The second-order valence-electron chi connectivity index (χ2n) is 4.30. The van der Waals surface area contributed by atoms with Crippen LogP contribution in [0.4, 0.5) is 5.13 Å². The third kappa shape index (κ3) is 4.33. The molecule has 1 heterocycles. The van der Waals surface area contributed by atoms with Crippen LogP contribution in [-0.2, 0) is 16.0 Å². The molecule has 0 unspecified atom stereocenters. The monoisotopic (exact) mass is 268 g/mol. The van der Waals surface area contributed by atoms with Gasteiger partial charge in [-0.25, -0.2) is 4.98 Å². The van der Waals surface area contributed by atoms with Crippen molar-refractivity contribution in [2.24, 2.45) is 0 Å². The Morgan fingerprint density at radius 1 is 1.44 bits per heavy atom. The van der Waals surface area contributed by atoms with Gasteiger partial charge in [-0.3, -0.25) is 9.59 Å². The van der Waals surface area contributed by atoms with Crippen LogP contribution in [0, 0.1) is 0 Å². The number of nitrogens with zero attached hydrogens (tertiary/aromatic N) is 1. The van der Waals surface area contributed by atoms with E-state index in [2.05, 4.69) is 15.6 Å². The number of rotatable bonds is 6. The second kappa shape index (κ2) is 5.81. The molecule has 0 radical (unpaired) electrons. The zero-order valence-corrected chi connectivity index (χ0v) is 10.8. The summed E-state index contributed by atoms with van der Waals surface area (Å²) >= 11 is 1.31. The summed E-state index contributed by atoms with van der Waals surface area (Å²) < 4.78 is 0. The zero-order valence-electron chi connectivity index (χ0n) is 9.94. The van der Waals surface area contributed by atoms with E-state index in [0.29, 0.717) is 29.8 Å². The Bertz CT molecular complexity index is 442. The highest BCUT2D eigenvalue weighted by Crippen LogP contribution is 2.18. The molecule has 2 amide bonds. The highest BCUT2D eigenvalue weighted by Gasteiger charge is 2.22. The Morgan fingerprint density at radius 3 is 2.83 bits per heavy atom. The number of nitrogen functional groups attached to an aromatic ring is 1. The molecule has 1 aromatic rings. The average Bonchev–Trinajstić information content (AvgIpc) is 3.01. The normalized spacial score (nSPS) is 14.2. The molecule has 0 aliphatic heterocycles. The maximum atomic E-state index is 11.5. The van der Waals surface area contributed by atoms with E-state index < -0.39 is 0 Å². The summed E-state index contributed by atoms with van der Waals surface area (Å²) in [4.78, 5) is 26.9. The van der Waals surface area contributed by atoms with E-state index in [1.807, 2.05) is 0 Å². The first-order valence-corrected chi connectivity index (χ1v) is 6.77. The molecule has 1 fully saturated rings. The van der Waals surface area contributed by atoms with E-state index in [1.54, 1.807) is 5.38 Å². The quantitative estimate of drug-likeness (QED) is 0.679. The van der Waals surface area contributed by atoms with Crippen LogP contribution < -0.4 is 16.4 Å². The topological polar surface area (TPSA) is 97.1 Å². The van der Waals surface area contributed by atoms with Crippen molar-refractivity contribution in [3.05, 3.63) is 11.1 Å². The van der Waals surface area contributed by atoms with Gasteiger partial charge in [0.05, 0.1) is 12.1 Å². The lowest BCUT2D eigenvalue weighted by Crippen LogP contribution is -2.32. The lowest BCUT2D eigenvalue weighted by Gasteiger charge is -2.04. The number of nitrogens with one attached hydrogen (secondary N) is 2. The molecule has 18 heavy (non-hydrogen) atoms. The highest BCUT2D eigenvalue weighted by atomic mass is 32.1. The zero-order chi connectivity index (χ0) is 13.0. The van der Waals surface area contributed by atoms with Crippen LogP contribution >= 0.6 is 11.3 Å². The van der Waals surface area contributed by atoms with Crippen LogP contribution in [0.1, 0.15) is 25.0 Å². The van der Waals surface area contributed by atoms with E-state index in [9.17, 15) is 9.59 Å². The minimum Gasteiger partial charge on any atom is -0.375 e. The van der Waals surface area contributed by atoms with Gasteiger partial charge < -0.3 is 16.4 Å². The van der Waals surface area contributed by atoms with Crippen LogP contribution in [0.5, 0.6) is 0 Å². The molecule has 4 N–H and O–H groups in total. The SMILES string of the molecule is Nc1nc(CC(=O)NCCC(=O)NC2CC2)cs1. The lowest BCUT2D eigenvalue weighted by atomic mass is 10.3. The molecule has 1 aliphatic rings. The third-order valence-electron chi connectivity index (χ3n) is 2.53. The summed E-state index contributed by atoms with van der Waals surface area (Å²) in [7, 11) is 0. The Labute approximate surface area is 109 Å². The Hall–Kier alpha value is -1.63. The molecule has 1 saturated carbocycles. The highest BCUT2D eigenvalue weighted by molar-refractivity contribution is 7.13. The minimum absolute atomic E-state index is 0.00398. The average molecular weight is 268 g/mol. The summed E-state index contributed by atoms with van der Waals surface area (Å²) in [5.74, 6) is -0.143. The number of aromatic nitrogens is 1. The van der Waals surface area contributed by atoms with Crippen molar-refractivity contribution < 1.29 is 9.59 Å². The van der Waals surface area contributed by atoms with Crippen molar-refractivity contribution in [3.63, 3.8) is 0 Å². The van der Waals surface area contributed by atoms with Crippen molar-refractivity contribution in [2.45, 2.75) is 31.7 Å². The van der Waals surface area contributed by atoms with Gasteiger partial charge in [0, 0.05) is 24.4 Å². The lowest BCUT2D eigenvalue weighted by molar-refractivity contribution is -0.122. The van der Waals surface area contributed by atoms with Crippen LogP contribution in [-0.4, -0.2) is 29.4 Å². The number of anilines is 1. The maximum Gasteiger partial charge on any atom is 0.226 e. The number of hydrogen-bond donors (Lipinski definition) is 3. The number of carbonyl (C=O) groups excluding carboxylic acids is 2. The standard InChI is InChI=1S/C11H16N4O2S/c12-11-15-8(6-18-11)5-10(17)13-4-3-9(16)14-7-1-2-7/h6-7H,1-5H2,(H2,12,15)(H,13,17)(H,14,16). The molecule has 1 aromatic heterocycles. The van der Waals surface area contributed by atoms with E-state index in [-0.39, 0.29) is 18.2 Å². The molecule has 6 nitrogen and oxygen atoms in total. The minimum atomic E-state index is -0.139. The first-order valence-electron chi connectivity index (χ1n) is 5.89. The summed E-state index contributed by atoms with van der Waals surface area (Å²) in [6.45, 7) is 0.358. The van der Waals surface area contributed by atoms with Gasteiger partial charge in [-0.2, -0.15) is 0 Å². The van der Waals surface area contributed by atoms with Gasteiger partial charge in [-0.1, -0.05) is 0 Å². The fraction of sp³-hybridized carbons (Fsp3) is 0.545. The van der Waals surface area contributed by atoms with Crippen molar-refractivity contribution in [2.75, 3.05) is 12.3 Å². The molecule has 0 spiro atoms.